The fourth-order valence-electron chi connectivity index (χ4n) is 2.20. The van der Waals surface area contributed by atoms with E-state index in [1.165, 1.54) is 0 Å². The molecule has 2 heterocycles. The molecule has 0 saturated heterocycles. The Hall–Kier alpha value is -0.910. The van der Waals surface area contributed by atoms with Gasteiger partial charge in [-0.15, -0.1) is 11.3 Å². The van der Waals surface area contributed by atoms with E-state index < -0.39 is 0 Å². The maximum Gasteiger partial charge on any atom is 0.225 e. The van der Waals surface area contributed by atoms with Gasteiger partial charge in [0.2, 0.25) is 5.28 Å². The molecule has 2 rings (SSSR count). The molecule has 0 aliphatic heterocycles. The Kier molecular flexibility index (Phi) is 4.28. The van der Waals surface area contributed by atoms with Crippen molar-refractivity contribution in [3.63, 3.8) is 0 Å². The maximum atomic E-state index is 5.95. The monoisotopic (exact) mass is 298 g/mol. The van der Waals surface area contributed by atoms with E-state index in [0.29, 0.717) is 5.28 Å². The van der Waals surface area contributed by atoms with Crippen LogP contribution >= 0.6 is 22.9 Å². The highest BCUT2D eigenvalue weighted by atomic mass is 35.5. The van der Waals surface area contributed by atoms with E-state index in [9.17, 15) is 0 Å². The molecule has 0 atom stereocenters. The third-order valence-electron chi connectivity index (χ3n) is 2.78. The van der Waals surface area contributed by atoms with Crippen molar-refractivity contribution in [1.29, 1.82) is 0 Å². The van der Waals surface area contributed by atoms with Gasteiger partial charge in [0.05, 0.1) is 5.39 Å². The van der Waals surface area contributed by atoms with Crippen LogP contribution in [0.1, 0.15) is 13.8 Å². The summed E-state index contributed by atoms with van der Waals surface area (Å²) in [6.45, 7) is 6.30. The molecule has 0 fully saturated rings. The number of anilines is 1. The maximum absolute atomic E-state index is 5.95. The summed E-state index contributed by atoms with van der Waals surface area (Å²) in [6, 6.07) is 2.03. The summed E-state index contributed by atoms with van der Waals surface area (Å²) in [7, 11) is 4.17. The molecule has 0 spiro atoms. The Bertz CT molecular complexity index is 565. The predicted octanol–water partition coefficient (Wildman–Crippen LogP) is 3.34. The highest BCUT2D eigenvalue weighted by Gasteiger charge is 2.19. The number of nitrogens with one attached hydrogen (secondary N) is 1. The topological polar surface area (TPSA) is 41.0 Å². The van der Waals surface area contributed by atoms with Crippen LogP contribution in [0.15, 0.2) is 11.4 Å². The first-order chi connectivity index (χ1) is 8.87. The molecular formula is C13H19ClN4S. The summed E-state index contributed by atoms with van der Waals surface area (Å²) in [5.41, 5.74) is 0.156. The second-order valence-corrected chi connectivity index (χ2v) is 6.97. The summed E-state index contributed by atoms with van der Waals surface area (Å²) in [4.78, 5) is 11.6. The molecule has 0 amide bonds. The first-order valence-electron chi connectivity index (χ1n) is 6.17. The van der Waals surface area contributed by atoms with Gasteiger partial charge in [-0.25, -0.2) is 9.97 Å². The van der Waals surface area contributed by atoms with Crippen LogP contribution in [-0.4, -0.2) is 42.1 Å². The van der Waals surface area contributed by atoms with Gasteiger partial charge in [0, 0.05) is 13.1 Å². The summed E-state index contributed by atoms with van der Waals surface area (Å²) >= 11 is 7.53. The van der Waals surface area contributed by atoms with Crippen molar-refractivity contribution in [2.24, 2.45) is 5.41 Å². The number of rotatable bonds is 5. The van der Waals surface area contributed by atoms with Crippen molar-refractivity contribution >= 4 is 39.0 Å². The van der Waals surface area contributed by atoms with Gasteiger partial charge in [-0.05, 0) is 42.6 Å². The Labute approximate surface area is 122 Å². The van der Waals surface area contributed by atoms with E-state index in [2.05, 4.69) is 48.1 Å². The highest BCUT2D eigenvalue weighted by Crippen LogP contribution is 2.27. The van der Waals surface area contributed by atoms with Crippen LogP contribution in [0.5, 0.6) is 0 Å². The SMILES string of the molecule is CN(C)CC(C)(C)CNc1nc(Cl)nc2sccc12. The largest absolute Gasteiger partial charge is 0.369 e. The molecule has 2 aromatic rings. The number of hydrogen-bond donors (Lipinski definition) is 1. The number of nitrogens with zero attached hydrogens (tertiary/aromatic N) is 3. The third kappa shape index (κ3) is 3.78. The van der Waals surface area contributed by atoms with Crippen LogP contribution in [0, 0.1) is 5.41 Å². The number of fused-ring (bicyclic) bond motifs is 1. The molecule has 0 aromatic carbocycles. The van der Waals surface area contributed by atoms with Crippen LogP contribution in [0.25, 0.3) is 10.2 Å². The summed E-state index contributed by atoms with van der Waals surface area (Å²) in [5, 5.41) is 6.74. The molecule has 4 nitrogen and oxygen atoms in total. The second-order valence-electron chi connectivity index (χ2n) is 5.74. The van der Waals surface area contributed by atoms with E-state index >= 15 is 0 Å². The minimum absolute atomic E-state index is 0.156. The second kappa shape index (κ2) is 5.61. The van der Waals surface area contributed by atoms with Gasteiger partial charge in [-0.1, -0.05) is 13.8 Å². The summed E-state index contributed by atoms with van der Waals surface area (Å²) in [5.74, 6) is 0.822. The van der Waals surface area contributed by atoms with Gasteiger partial charge >= 0.3 is 0 Å². The smallest absolute Gasteiger partial charge is 0.225 e. The molecule has 104 valence electrons. The molecule has 0 unspecified atom stereocenters. The van der Waals surface area contributed by atoms with Crippen LogP contribution in [0.2, 0.25) is 5.28 Å². The number of halogens is 1. The van der Waals surface area contributed by atoms with Crippen molar-refractivity contribution in [1.82, 2.24) is 14.9 Å². The molecule has 6 heteroatoms. The van der Waals surface area contributed by atoms with Gasteiger partial charge in [-0.3, -0.25) is 0 Å². The lowest BCUT2D eigenvalue weighted by molar-refractivity contribution is 0.254. The summed E-state index contributed by atoms with van der Waals surface area (Å²) in [6.07, 6.45) is 0. The Balaban J connectivity index is 2.15. The summed E-state index contributed by atoms with van der Waals surface area (Å²) < 4.78 is 0. The molecular weight excluding hydrogens is 280 g/mol. The average molecular weight is 299 g/mol. The normalized spacial score (nSPS) is 12.3. The zero-order chi connectivity index (χ0) is 14.0. The average Bonchev–Trinajstić information content (AvgIpc) is 2.71. The van der Waals surface area contributed by atoms with E-state index in [0.717, 1.165) is 29.1 Å². The van der Waals surface area contributed by atoms with Crippen LogP contribution in [-0.2, 0) is 0 Å². The lowest BCUT2D eigenvalue weighted by Gasteiger charge is -2.28. The minimum Gasteiger partial charge on any atom is -0.369 e. The number of thiophene rings is 1. The quantitative estimate of drug-likeness (QED) is 0.860. The van der Waals surface area contributed by atoms with Gasteiger partial charge < -0.3 is 10.2 Å². The first kappa shape index (κ1) is 14.5. The molecule has 0 aliphatic carbocycles. The minimum atomic E-state index is 0.156. The Morgan fingerprint density at radius 2 is 2.11 bits per heavy atom. The fourth-order valence-corrected chi connectivity index (χ4v) is 3.18. The van der Waals surface area contributed by atoms with E-state index in [1.807, 2.05) is 11.4 Å². The Morgan fingerprint density at radius 3 is 2.79 bits per heavy atom. The van der Waals surface area contributed by atoms with Gasteiger partial charge in [0.15, 0.2) is 0 Å². The predicted molar refractivity (Wildman–Crippen MR) is 83.2 cm³/mol. The van der Waals surface area contributed by atoms with Crippen molar-refractivity contribution in [2.45, 2.75) is 13.8 Å². The molecule has 0 saturated carbocycles. The molecule has 0 aliphatic rings. The zero-order valence-corrected chi connectivity index (χ0v) is 13.3. The molecule has 2 aromatic heterocycles. The Morgan fingerprint density at radius 1 is 1.37 bits per heavy atom. The molecule has 1 N–H and O–H groups in total. The number of hydrogen-bond acceptors (Lipinski definition) is 5. The molecule has 19 heavy (non-hydrogen) atoms. The molecule has 0 bridgehead atoms. The van der Waals surface area contributed by atoms with Crippen molar-refractivity contribution in [3.8, 4) is 0 Å². The zero-order valence-electron chi connectivity index (χ0n) is 11.7. The fraction of sp³-hybridized carbons (Fsp3) is 0.538. The first-order valence-corrected chi connectivity index (χ1v) is 7.42. The third-order valence-corrected chi connectivity index (χ3v) is 3.75. The highest BCUT2D eigenvalue weighted by molar-refractivity contribution is 7.16. The lowest BCUT2D eigenvalue weighted by atomic mass is 9.93. The van der Waals surface area contributed by atoms with Crippen LogP contribution < -0.4 is 5.32 Å². The van der Waals surface area contributed by atoms with Crippen molar-refractivity contribution in [2.75, 3.05) is 32.5 Å². The lowest BCUT2D eigenvalue weighted by Crippen LogP contribution is -2.34. The van der Waals surface area contributed by atoms with E-state index in [-0.39, 0.29) is 5.41 Å². The van der Waals surface area contributed by atoms with Gasteiger partial charge in [0.25, 0.3) is 0 Å². The van der Waals surface area contributed by atoms with E-state index in [4.69, 9.17) is 11.6 Å². The van der Waals surface area contributed by atoms with Crippen LogP contribution in [0.3, 0.4) is 0 Å². The van der Waals surface area contributed by atoms with E-state index in [1.54, 1.807) is 11.3 Å². The van der Waals surface area contributed by atoms with Crippen molar-refractivity contribution < 1.29 is 0 Å². The van der Waals surface area contributed by atoms with Gasteiger partial charge in [-0.2, -0.15) is 0 Å². The van der Waals surface area contributed by atoms with Crippen molar-refractivity contribution in [3.05, 3.63) is 16.7 Å². The van der Waals surface area contributed by atoms with Crippen LogP contribution in [0.4, 0.5) is 5.82 Å². The molecule has 0 radical (unpaired) electrons. The standard InChI is InChI=1S/C13H19ClN4S/c1-13(2,8-18(3)4)7-15-10-9-5-6-19-11(9)17-12(14)16-10/h5-6H,7-8H2,1-4H3,(H,15,16,17). The van der Waals surface area contributed by atoms with Gasteiger partial charge in [0.1, 0.15) is 10.6 Å². The number of aromatic nitrogens is 2.